The van der Waals surface area contributed by atoms with Gasteiger partial charge in [-0.3, -0.25) is 4.79 Å². The number of nitrogens with zero attached hydrogens (tertiary/aromatic N) is 2. The van der Waals surface area contributed by atoms with Crippen LogP contribution in [0.25, 0.3) is 0 Å². The number of nitrogens with one attached hydrogen (secondary N) is 1. The first-order valence-electron chi connectivity index (χ1n) is 6.50. The van der Waals surface area contributed by atoms with Crippen molar-refractivity contribution in [2.45, 2.75) is 25.9 Å². The van der Waals surface area contributed by atoms with Crippen LogP contribution in [0, 0.1) is 0 Å². The molecule has 1 aromatic carbocycles. The molecule has 0 aromatic heterocycles. The van der Waals surface area contributed by atoms with Crippen LogP contribution in [-0.4, -0.2) is 22.4 Å². The summed E-state index contributed by atoms with van der Waals surface area (Å²) in [5.41, 5.74) is -0.283. The maximum Gasteiger partial charge on any atom is 0.416 e. The summed E-state index contributed by atoms with van der Waals surface area (Å²) in [6.07, 6.45) is -3.20. The molecule has 0 radical (unpaired) electrons. The molecular weight excluding hydrogens is 315 g/mol. The monoisotopic (exact) mass is 327 g/mol. The molecule has 1 aliphatic rings. The highest BCUT2D eigenvalue weighted by Crippen LogP contribution is 2.30. The topological polar surface area (TPSA) is 53.8 Å². The van der Waals surface area contributed by atoms with Gasteiger partial charge in [0.05, 0.1) is 11.3 Å². The van der Waals surface area contributed by atoms with Gasteiger partial charge < -0.3 is 5.32 Å². The molecule has 0 saturated carbocycles. The summed E-state index contributed by atoms with van der Waals surface area (Å²) in [6.45, 7) is 1.91. The van der Waals surface area contributed by atoms with Gasteiger partial charge in [-0.25, -0.2) is 9.98 Å². The molecule has 22 heavy (non-hydrogen) atoms. The standard InChI is InChI=1S/C14H12F3N3OS/c1-2-4-10-11(20-13(22)19-10)12(21)18-9-6-3-5-8(7-9)14(15,16)17/h3,5-7H,2,4H2,1H3,(H,18,21). The number of aliphatic imine (C=N–C) groups is 2. The van der Waals surface area contributed by atoms with Gasteiger partial charge >= 0.3 is 6.18 Å². The fourth-order valence-corrected chi connectivity index (χ4v) is 2.11. The quantitative estimate of drug-likeness (QED) is 0.859. The number of rotatable bonds is 4. The molecule has 116 valence electrons. The van der Waals surface area contributed by atoms with Gasteiger partial charge in [0, 0.05) is 5.69 Å². The van der Waals surface area contributed by atoms with Gasteiger partial charge in [0.2, 0.25) is 5.11 Å². The zero-order chi connectivity index (χ0) is 16.3. The Kier molecular flexibility index (Phi) is 4.70. The Balaban J connectivity index is 2.18. The Morgan fingerprint density at radius 2 is 2.05 bits per heavy atom. The predicted molar refractivity (Wildman–Crippen MR) is 82.4 cm³/mol. The first-order valence-corrected chi connectivity index (χ1v) is 6.91. The third kappa shape index (κ3) is 3.76. The molecule has 0 unspecified atom stereocenters. The number of hydrogen-bond acceptors (Lipinski definition) is 2. The van der Waals surface area contributed by atoms with Gasteiger partial charge in [0.25, 0.3) is 5.91 Å². The van der Waals surface area contributed by atoms with Crippen LogP contribution in [0.2, 0.25) is 0 Å². The van der Waals surface area contributed by atoms with Crippen LogP contribution in [0.4, 0.5) is 18.9 Å². The third-order valence-electron chi connectivity index (χ3n) is 2.86. The van der Waals surface area contributed by atoms with Crippen LogP contribution in [-0.2, 0) is 11.0 Å². The molecule has 0 bridgehead atoms. The average Bonchev–Trinajstić information content (AvgIpc) is 2.79. The maximum absolute atomic E-state index is 12.6. The average molecular weight is 327 g/mol. The predicted octanol–water partition coefficient (Wildman–Crippen LogP) is 3.62. The molecule has 0 fully saturated rings. The molecule has 0 atom stereocenters. The van der Waals surface area contributed by atoms with Crippen molar-refractivity contribution >= 4 is 40.3 Å². The third-order valence-corrected chi connectivity index (χ3v) is 3.04. The molecule has 8 heteroatoms. The number of anilines is 1. The van der Waals surface area contributed by atoms with Gasteiger partial charge in [0.15, 0.2) is 5.71 Å². The summed E-state index contributed by atoms with van der Waals surface area (Å²) in [4.78, 5) is 20.0. The number of carbonyl (C=O) groups is 1. The summed E-state index contributed by atoms with van der Waals surface area (Å²) in [7, 11) is 0. The van der Waals surface area contributed by atoms with Crippen LogP contribution in [0.1, 0.15) is 25.3 Å². The number of alkyl halides is 3. The molecule has 0 aliphatic carbocycles. The molecule has 4 nitrogen and oxygen atoms in total. The second-order valence-electron chi connectivity index (χ2n) is 4.58. The minimum atomic E-state index is -4.47. The van der Waals surface area contributed by atoms with E-state index in [1.807, 2.05) is 6.92 Å². The minimum Gasteiger partial charge on any atom is -0.321 e. The molecular formula is C14H12F3N3OS. The summed E-state index contributed by atoms with van der Waals surface area (Å²) in [5.74, 6) is -0.619. The first kappa shape index (κ1) is 16.3. The molecule has 1 aromatic rings. The fourth-order valence-electron chi connectivity index (χ4n) is 1.91. The van der Waals surface area contributed by atoms with Crippen LogP contribution < -0.4 is 5.32 Å². The summed E-state index contributed by atoms with van der Waals surface area (Å²) >= 11 is 4.84. The normalized spacial score (nSPS) is 14.6. The Labute approximate surface area is 130 Å². The summed E-state index contributed by atoms with van der Waals surface area (Å²) in [6, 6.07) is 4.39. The largest absolute Gasteiger partial charge is 0.416 e. The van der Waals surface area contributed by atoms with Gasteiger partial charge in [-0.1, -0.05) is 19.4 Å². The maximum atomic E-state index is 12.6. The van der Waals surface area contributed by atoms with Gasteiger partial charge in [-0.15, -0.1) is 0 Å². The minimum absolute atomic E-state index is 0.0381. The van der Waals surface area contributed by atoms with Gasteiger partial charge in [0.1, 0.15) is 0 Å². The highest BCUT2D eigenvalue weighted by Gasteiger charge is 2.31. The van der Waals surface area contributed by atoms with E-state index in [0.717, 1.165) is 18.6 Å². The van der Waals surface area contributed by atoms with Crippen molar-refractivity contribution in [3.05, 3.63) is 29.8 Å². The molecule has 0 spiro atoms. The Hall–Kier alpha value is -2.09. The van der Waals surface area contributed by atoms with E-state index >= 15 is 0 Å². The molecule has 0 saturated heterocycles. The lowest BCUT2D eigenvalue weighted by molar-refractivity contribution is -0.137. The van der Waals surface area contributed by atoms with Crippen molar-refractivity contribution < 1.29 is 18.0 Å². The number of thiocarbonyl (C=S) groups is 1. The van der Waals surface area contributed by atoms with Crippen molar-refractivity contribution in [1.29, 1.82) is 0 Å². The highest BCUT2D eigenvalue weighted by atomic mass is 32.1. The Morgan fingerprint density at radius 1 is 1.32 bits per heavy atom. The van der Waals surface area contributed by atoms with Crippen molar-refractivity contribution in [3.8, 4) is 0 Å². The SMILES string of the molecule is CCCC1=NC(=S)N=C1C(=O)Nc1cccc(C(F)(F)F)c1. The Bertz CT molecular complexity index is 680. The van der Waals surface area contributed by atoms with Crippen molar-refractivity contribution in [2.24, 2.45) is 9.98 Å². The van der Waals surface area contributed by atoms with E-state index in [1.165, 1.54) is 12.1 Å². The van der Waals surface area contributed by atoms with Crippen LogP contribution in [0.15, 0.2) is 34.3 Å². The highest BCUT2D eigenvalue weighted by molar-refractivity contribution is 7.80. The molecule has 2 rings (SSSR count). The lowest BCUT2D eigenvalue weighted by atomic mass is 10.1. The van der Waals surface area contributed by atoms with Crippen molar-refractivity contribution in [3.63, 3.8) is 0 Å². The van der Waals surface area contributed by atoms with E-state index in [0.29, 0.717) is 12.1 Å². The fraction of sp³-hybridized carbons (Fsp3) is 0.286. The van der Waals surface area contributed by atoms with Crippen molar-refractivity contribution in [1.82, 2.24) is 0 Å². The molecule has 1 aliphatic heterocycles. The van der Waals surface area contributed by atoms with E-state index in [1.54, 1.807) is 0 Å². The molecule has 1 amide bonds. The molecule has 1 heterocycles. The number of carbonyl (C=O) groups excluding carboxylic acids is 1. The van der Waals surface area contributed by atoms with E-state index in [-0.39, 0.29) is 16.5 Å². The van der Waals surface area contributed by atoms with Crippen LogP contribution in [0.3, 0.4) is 0 Å². The van der Waals surface area contributed by atoms with E-state index < -0.39 is 17.6 Å². The van der Waals surface area contributed by atoms with Gasteiger partial charge in [-0.05, 0) is 36.8 Å². The summed E-state index contributed by atoms with van der Waals surface area (Å²) in [5, 5.41) is 2.45. The first-order chi connectivity index (χ1) is 10.3. The lowest BCUT2D eigenvalue weighted by Gasteiger charge is -2.10. The van der Waals surface area contributed by atoms with Crippen LogP contribution >= 0.6 is 12.2 Å². The smallest absolute Gasteiger partial charge is 0.321 e. The number of hydrogen-bond donors (Lipinski definition) is 1. The molecule has 1 N–H and O–H groups in total. The second kappa shape index (κ2) is 6.35. The van der Waals surface area contributed by atoms with Crippen molar-refractivity contribution in [2.75, 3.05) is 5.32 Å². The van der Waals surface area contributed by atoms with E-state index in [4.69, 9.17) is 12.2 Å². The number of halogens is 3. The summed E-state index contributed by atoms with van der Waals surface area (Å²) < 4.78 is 37.9. The zero-order valence-corrected chi connectivity index (χ0v) is 12.4. The second-order valence-corrected chi connectivity index (χ2v) is 4.95. The lowest BCUT2D eigenvalue weighted by Crippen LogP contribution is -2.28. The Morgan fingerprint density at radius 3 is 2.68 bits per heavy atom. The van der Waals surface area contributed by atoms with Crippen LogP contribution in [0.5, 0.6) is 0 Å². The number of amides is 1. The zero-order valence-electron chi connectivity index (χ0n) is 11.6. The van der Waals surface area contributed by atoms with E-state index in [2.05, 4.69) is 15.3 Å². The van der Waals surface area contributed by atoms with E-state index in [9.17, 15) is 18.0 Å². The number of benzene rings is 1. The van der Waals surface area contributed by atoms with Gasteiger partial charge in [-0.2, -0.15) is 13.2 Å².